The predicted molar refractivity (Wildman–Crippen MR) is 39.4 cm³/mol. The zero-order valence-corrected chi connectivity index (χ0v) is 6.17. The van der Waals surface area contributed by atoms with Gasteiger partial charge in [0.2, 0.25) is 0 Å². The summed E-state index contributed by atoms with van der Waals surface area (Å²) in [6.07, 6.45) is 5.84. The second kappa shape index (κ2) is 7.34. The number of hydrogen-bond acceptors (Lipinski definition) is 2. The van der Waals surface area contributed by atoms with Crippen molar-refractivity contribution in [2.24, 2.45) is 10.2 Å². The molecule has 0 bridgehead atoms. The molecule has 52 valence electrons. The van der Waals surface area contributed by atoms with E-state index >= 15 is 0 Å². The molecule has 0 heterocycles. The van der Waals surface area contributed by atoms with E-state index in [0.29, 0.717) is 0 Å². The predicted octanol–water partition coefficient (Wildman–Crippen LogP) is 2.77. The minimum atomic E-state index is 0.841. The average molecular weight is 126 g/mol. The number of hydrogen-bond donors (Lipinski definition) is 0. The highest BCUT2D eigenvalue weighted by Crippen LogP contribution is 1.84. The third kappa shape index (κ3) is 7.34. The molecule has 9 heavy (non-hydrogen) atoms. The minimum Gasteiger partial charge on any atom is -0.189 e. The Labute approximate surface area is 56.7 Å². The largest absolute Gasteiger partial charge is 0.189 e. The van der Waals surface area contributed by atoms with E-state index in [0.717, 1.165) is 19.4 Å². The lowest BCUT2D eigenvalue weighted by atomic mass is 10.5. The fourth-order valence-electron chi connectivity index (χ4n) is 0.357. The molecule has 0 atom stereocenters. The van der Waals surface area contributed by atoms with Crippen molar-refractivity contribution in [3.05, 3.63) is 12.3 Å². The van der Waals surface area contributed by atoms with Gasteiger partial charge in [-0.25, -0.2) is 0 Å². The van der Waals surface area contributed by atoms with E-state index in [1.54, 1.807) is 6.20 Å². The Bertz CT molecular complexity index is 95.1. The van der Waals surface area contributed by atoms with Gasteiger partial charge in [-0.3, -0.25) is 0 Å². The van der Waals surface area contributed by atoms with E-state index in [1.807, 2.05) is 6.08 Å². The molecule has 0 amide bonds. The summed E-state index contributed by atoms with van der Waals surface area (Å²) in [5.41, 5.74) is 0. The summed E-state index contributed by atoms with van der Waals surface area (Å²) >= 11 is 0. The first kappa shape index (κ1) is 8.34. The zero-order valence-electron chi connectivity index (χ0n) is 6.17. The van der Waals surface area contributed by atoms with Gasteiger partial charge in [0, 0.05) is 6.20 Å². The Morgan fingerprint density at radius 3 is 2.67 bits per heavy atom. The van der Waals surface area contributed by atoms with Crippen molar-refractivity contribution in [3.63, 3.8) is 0 Å². The molecule has 0 N–H and O–H groups in total. The van der Waals surface area contributed by atoms with Crippen molar-refractivity contribution in [1.29, 1.82) is 0 Å². The molecule has 0 aromatic carbocycles. The Morgan fingerprint density at radius 1 is 1.33 bits per heavy atom. The topological polar surface area (TPSA) is 24.7 Å². The summed E-state index contributed by atoms with van der Waals surface area (Å²) in [7, 11) is 0. The van der Waals surface area contributed by atoms with Crippen LogP contribution in [0.5, 0.6) is 0 Å². The van der Waals surface area contributed by atoms with E-state index < -0.39 is 0 Å². The van der Waals surface area contributed by atoms with Gasteiger partial charge in [0.25, 0.3) is 0 Å². The third-order valence-corrected chi connectivity index (χ3v) is 0.813. The number of allylic oxidation sites excluding steroid dienone is 1. The van der Waals surface area contributed by atoms with Gasteiger partial charge in [-0.15, -0.1) is 0 Å². The molecule has 0 spiro atoms. The van der Waals surface area contributed by atoms with Gasteiger partial charge in [0.15, 0.2) is 0 Å². The van der Waals surface area contributed by atoms with E-state index in [1.165, 1.54) is 0 Å². The third-order valence-electron chi connectivity index (χ3n) is 0.813. The molecule has 0 aliphatic heterocycles. The molecule has 0 saturated carbocycles. The monoisotopic (exact) mass is 126 g/mol. The van der Waals surface area contributed by atoms with Gasteiger partial charge in [-0.05, 0) is 12.8 Å². The molecule has 0 radical (unpaired) electrons. The van der Waals surface area contributed by atoms with Crippen molar-refractivity contribution in [2.45, 2.75) is 26.7 Å². The summed E-state index contributed by atoms with van der Waals surface area (Å²) < 4.78 is 0. The van der Waals surface area contributed by atoms with Crippen molar-refractivity contribution >= 4 is 0 Å². The van der Waals surface area contributed by atoms with Crippen LogP contribution in [0.15, 0.2) is 22.5 Å². The summed E-state index contributed by atoms with van der Waals surface area (Å²) in [6, 6.07) is 0. The smallest absolute Gasteiger partial charge is 0.0600 e. The molecule has 0 aliphatic carbocycles. The zero-order chi connectivity index (χ0) is 6.95. The molecule has 0 rings (SSSR count). The second-order valence-corrected chi connectivity index (χ2v) is 1.77. The highest BCUT2D eigenvalue weighted by atomic mass is 15.1. The number of azo groups is 1. The lowest BCUT2D eigenvalue weighted by molar-refractivity contribution is 0.873. The Balaban J connectivity index is 3.13. The van der Waals surface area contributed by atoms with Crippen LogP contribution >= 0.6 is 0 Å². The first-order chi connectivity index (χ1) is 4.41. The van der Waals surface area contributed by atoms with Crippen LogP contribution in [0.3, 0.4) is 0 Å². The molecule has 2 nitrogen and oxygen atoms in total. The van der Waals surface area contributed by atoms with Crippen molar-refractivity contribution < 1.29 is 0 Å². The van der Waals surface area contributed by atoms with Crippen LogP contribution in [0.4, 0.5) is 0 Å². The molecule has 0 aromatic rings. The molecule has 0 aliphatic rings. The van der Waals surface area contributed by atoms with Crippen LogP contribution in [0, 0.1) is 0 Å². The first-order valence-electron chi connectivity index (χ1n) is 3.43. The standard InChI is InChI=1S/C7H14N2/c1-3-5-7-9-8-6-4-2/h5,7H,3-4,6H2,1-2H3/b7-5-,9-8+. The SMILES string of the molecule is CC/C=C\N=N\CCC. The highest BCUT2D eigenvalue weighted by molar-refractivity contribution is 4.75. The van der Waals surface area contributed by atoms with Gasteiger partial charge in [0.1, 0.15) is 0 Å². The maximum Gasteiger partial charge on any atom is 0.0600 e. The summed E-state index contributed by atoms with van der Waals surface area (Å²) in [5.74, 6) is 0. The average Bonchev–Trinajstić information content (AvgIpc) is 1.89. The van der Waals surface area contributed by atoms with Crippen LogP contribution in [0.2, 0.25) is 0 Å². The lowest BCUT2D eigenvalue weighted by Crippen LogP contribution is -1.68. The maximum atomic E-state index is 3.87. The van der Waals surface area contributed by atoms with Crippen molar-refractivity contribution in [3.8, 4) is 0 Å². The summed E-state index contributed by atoms with van der Waals surface area (Å²) in [6.45, 7) is 5.00. The summed E-state index contributed by atoms with van der Waals surface area (Å²) in [4.78, 5) is 0. The molecule has 2 heteroatoms. The van der Waals surface area contributed by atoms with E-state index in [2.05, 4.69) is 24.1 Å². The maximum absolute atomic E-state index is 3.87. The number of rotatable bonds is 4. The van der Waals surface area contributed by atoms with Gasteiger partial charge in [-0.1, -0.05) is 19.9 Å². The quantitative estimate of drug-likeness (QED) is 0.517. The van der Waals surface area contributed by atoms with E-state index in [9.17, 15) is 0 Å². The molecular weight excluding hydrogens is 112 g/mol. The van der Waals surface area contributed by atoms with Gasteiger partial charge in [-0.2, -0.15) is 10.2 Å². The van der Waals surface area contributed by atoms with Crippen LogP contribution < -0.4 is 0 Å². The van der Waals surface area contributed by atoms with Crippen LogP contribution in [0.1, 0.15) is 26.7 Å². The molecule has 0 aromatic heterocycles. The first-order valence-corrected chi connectivity index (χ1v) is 3.43. The molecule has 0 fully saturated rings. The van der Waals surface area contributed by atoms with Crippen molar-refractivity contribution in [2.75, 3.05) is 6.54 Å². The van der Waals surface area contributed by atoms with Crippen LogP contribution in [0.25, 0.3) is 0 Å². The molecular formula is C7H14N2. The van der Waals surface area contributed by atoms with Crippen LogP contribution in [-0.4, -0.2) is 6.54 Å². The molecule has 0 saturated heterocycles. The number of nitrogens with zero attached hydrogens (tertiary/aromatic N) is 2. The fourth-order valence-corrected chi connectivity index (χ4v) is 0.357. The second-order valence-electron chi connectivity index (χ2n) is 1.77. The van der Waals surface area contributed by atoms with Crippen molar-refractivity contribution in [1.82, 2.24) is 0 Å². The Morgan fingerprint density at radius 2 is 2.11 bits per heavy atom. The normalized spacial score (nSPS) is 11.8. The Kier molecular flexibility index (Phi) is 6.80. The van der Waals surface area contributed by atoms with Crippen LogP contribution in [-0.2, 0) is 0 Å². The fraction of sp³-hybridized carbons (Fsp3) is 0.714. The lowest BCUT2D eigenvalue weighted by Gasteiger charge is -1.79. The minimum absolute atomic E-state index is 0.841. The van der Waals surface area contributed by atoms with Gasteiger partial charge in [0.05, 0.1) is 6.54 Å². The van der Waals surface area contributed by atoms with Gasteiger partial charge < -0.3 is 0 Å². The Hall–Kier alpha value is -0.660. The molecule has 0 unspecified atom stereocenters. The summed E-state index contributed by atoms with van der Waals surface area (Å²) in [5, 5.41) is 7.66. The van der Waals surface area contributed by atoms with E-state index in [4.69, 9.17) is 0 Å². The van der Waals surface area contributed by atoms with Gasteiger partial charge >= 0.3 is 0 Å². The highest BCUT2D eigenvalue weighted by Gasteiger charge is 1.69. The van der Waals surface area contributed by atoms with E-state index in [-0.39, 0.29) is 0 Å².